The minimum absolute atomic E-state index is 0.315. The van der Waals surface area contributed by atoms with Crippen LogP contribution in [0.25, 0.3) is 77.0 Å². The third kappa shape index (κ3) is 4.66. The molecule has 10 aromatic rings. The molecule has 0 amide bonds. The Morgan fingerprint density at radius 3 is 1.26 bits per heavy atom. The summed E-state index contributed by atoms with van der Waals surface area (Å²) in [5.41, 5.74) is 4.97. The van der Waals surface area contributed by atoms with Gasteiger partial charge in [-0.3, -0.25) is 18.8 Å². The van der Waals surface area contributed by atoms with Crippen LogP contribution in [0.2, 0.25) is 0 Å². The first-order valence-electron chi connectivity index (χ1n) is 15.4. The molecular formula is C38H20F6N6. The fourth-order valence-corrected chi connectivity index (χ4v) is 6.60. The average molecular weight is 675 g/mol. The number of benzene rings is 4. The standard InChI is InChI=1S/2C19H10F3N3/c2*20-19(21,22)13-6-7-15-14(10-13)24-16-8-5-12-4-3-11-2-1-9-23-17(11)18(12)25(15)16/h2*1-10H. The molecule has 0 saturated carbocycles. The molecule has 0 aliphatic heterocycles. The molecule has 0 saturated heterocycles. The lowest BCUT2D eigenvalue weighted by atomic mass is 10.1. The van der Waals surface area contributed by atoms with Crippen molar-refractivity contribution >= 4 is 77.0 Å². The van der Waals surface area contributed by atoms with E-state index >= 15 is 0 Å². The van der Waals surface area contributed by atoms with Crippen molar-refractivity contribution in [2.45, 2.75) is 12.4 Å². The number of hydrogen-bond donors (Lipinski definition) is 0. The van der Waals surface area contributed by atoms with Crippen LogP contribution in [-0.2, 0) is 12.4 Å². The maximum atomic E-state index is 13.0. The minimum atomic E-state index is -4.39. The Balaban J connectivity index is 0.000000135. The number of aromatic nitrogens is 6. The highest BCUT2D eigenvalue weighted by Gasteiger charge is 2.32. The van der Waals surface area contributed by atoms with Crippen molar-refractivity contribution in [3.63, 3.8) is 0 Å². The van der Waals surface area contributed by atoms with Crippen LogP contribution >= 0.6 is 0 Å². The highest BCUT2D eigenvalue weighted by Crippen LogP contribution is 2.35. The van der Waals surface area contributed by atoms with Gasteiger partial charge in [0.1, 0.15) is 11.3 Å². The molecule has 12 heteroatoms. The molecule has 6 heterocycles. The van der Waals surface area contributed by atoms with Crippen LogP contribution in [0.1, 0.15) is 11.1 Å². The summed E-state index contributed by atoms with van der Waals surface area (Å²) in [5, 5.41) is 3.85. The minimum Gasteiger partial charge on any atom is -0.290 e. The van der Waals surface area contributed by atoms with E-state index in [0.29, 0.717) is 33.4 Å². The largest absolute Gasteiger partial charge is 0.416 e. The Morgan fingerprint density at radius 1 is 0.440 bits per heavy atom. The number of imidazole rings is 2. The lowest BCUT2D eigenvalue weighted by Gasteiger charge is -2.08. The van der Waals surface area contributed by atoms with Gasteiger partial charge in [0.15, 0.2) is 0 Å². The van der Waals surface area contributed by atoms with E-state index in [1.807, 2.05) is 81.6 Å². The first kappa shape index (κ1) is 29.8. The van der Waals surface area contributed by atoms with E-state index in [1.165, 1.54) is 12.1 Å². The monoisotopic (exact) mass is 674 g/mol. The summed E-state index contributed by atoms with van der Waals surface area (Å²) in [6.07, 6.45) is -5.36. The molecule has 0 N–H and O–H groups in total. The maximum Gasteiger partial charge on any atom is 0.416 e. The van der Waals surface area contributed by atoms with E-state index < -0.39 is 23.5 Å². The van der Waals surface area contributed by atoms with Gasteiger partial charge in [-0.1, -0.05) is 36.4 Å². The van der Waals surface area contributed by atoms with Gasteiger partial charge < -0.3 is 0 Å². The summed E-state index contributed by atoms with van der Waals surface area (Å²) in [7, 11) is 0. The fourth-order valence-electron chi connectivity index (χ4n) is 6.60. The first-order valence-corrected chi connectivity index (χ1v) is 15.4. The topological polar surface area (TPSA) is 60.4 Å². The molecule has 0 aliphatic rings. The van der Waals surface area contributed by atoms with Crippen molar-refractivity contribution in [1.29, 1.82) is 0 Å². The molecule has 50 heavy (non-hydrogen) atoms. The van der Waals surface area contributed by atoms with Crippen LogP contribution in [0.5, 0.6) is 0 Å². The van der Waals surface area contributed by atoms with E-state index in [2.05, 4.69) is 19.9 Å². The second-order valence-corrected chi connectivity index (χ2v) is 11.8. The van der Waals surface area contributed by atoms with Crippen LogP contribution in [0.15, 0.2) is 122 Å². The number of pyridine rings is 4. The summed E-state index contributed by atoms with van der Waals surface area (Å²) in [4.78, 5) is 17.7. The van der Waals surface area contributed by atoms with Crippen LogP contribution < -0.4 is 0 Å². The SMILES string of the molecule is FC(F)(F)c1ccc2c(c1)nc1ccc3ccc4cccnc4c3n12.FC(F)(F)c1ccc2c(c1)nc1ccc3ccc4cccnc4c3n12. The van der Waals surface area contributed by atoms with Crippen LogP contribution in [0, 0.1) is 0 Å². The molecule has 10 rings (SSSR count). The van der Waals surface area contributed by atoms with Gasteiger partial charge in [0, 0.05) is 33.9 Å². The second kappa shape index (κ2) is 10.6. The predicted molar refractivity (Wildman–Crippen MR) is 181 cm³/mol. The van der Waals surface area contributed by atoms with Crippen molar-refractivity contribution < 1.29 is 26.3 Å². The van der Waals surface area contributed by atoms with Gasteiger partial charge in [-0.15, -0.1) is 0 Å². The number of hydrogen-bond acceptors (Lipinski definition) is 4. The molecule has 0 fully saturated rings. The van der Waals surface area contributed by atoms with Gasteiger partial charge in [-0.25, -0.2) is 9.97 Å². The number of alkyl halides is 6. The zero-order chi connectivity index (χ0) is 34.4. The molecule has 0 radical (unpaired) electrons. The third-order valence-electron chi connectivity index (χ3n) is 8.84. The first-order chi connectivity index (χ1) is 24.0. The maximum absolute atomic E-state index is 13.0. The molecule has 6 nitrogen and oxygen atoms in total. The van der Waals surface area contributed by atoms with E-state index in [-0.39, 0.29) is 0 Å². The van der Waals surface area contributed by atoms with E-state index in [4.69, 9.17) is 0 Å². The van der Waals surface area contributed by atoms with Crippen molar-refractivity contribution in [2.75, 3.05) is 0 Å². The second-order valence-electron chi connectivity index (χ2n) is 11.8. The zero-order valence-corrected chi connectivity index (χ0v) is 25.5. The van der Waals surface area contributed by atoms with E-state index in [0.717, 1.165) is 67.9 Å². The molecule has 0 atom stereocenters. The summed E-state index contributed by atoms with van der Waals surface area (Å²) < 4.78 is 81.7. The summed E-state index contributed by atoms with van der Waals surface area (Å²) in [6, 6.07) is 30.3. The Hall–Kier alpha value is -6.30. The van der Waals surface area contributed by atoms with Crippen molar-refractivity contribution in [3.8, 4) is 0 Å². The Morgan fingerprint density at radius 2 is 0.840 bits per heavy atom. The normalized spacial score (nSPS) is 12.6. The van der Waals surface area contributed by atoms with Crippen LogP contribution in [-0.4, -0.2) is 28.7 Å². The van der Waals surface area contributed by atoms with Gasteiger partial charge in [0.25, 0.3) is 0 Å². The Labute approximate surface area is 276 Å². The highest BCUT2D eigenvalue weighted by molar-refractivity contribution is 6.07. The Kier molecular flexibility index (Phi) is 6.32. The summed E-state index contributed by atoms with van der Waals surface area (Å²) >= 11 is 0. The number of rotatable bonds is 0. The number of nitrogens with zero attached hydrogens (tertiary/aromatic N) is 6. The molecule has 244 valence electrons. The predicted octanol–water partition coefficient (Wildman–Crippen LogP) is 10.4. The van der Waals surface area contributed by atoms with Gasteiger partial charge in [0.2, 0.25) is 0 Å². The van der Waals surface area contributed by atoms with Crippen molar-refractivity contribution in [1.82, 2.24) is 28.7 Å². The molecule has 4 aromatic carbocycles. The highest BCUT2D eigenvalue weighted by atomic mass is 19.4. The molecule has 0 unspecified atom stereocenters. The average Bonchev–Trinajstić information content (AvgIpc) is 3.68. The van der Waals surface area contributed by atoms with Gasteiger partial charge in [0.05, 0.1) is 55.3 Å². The molecule has 0 spiro atoms. The van der Waals surface area contributed by atoms with Gasteiger partial charge in [-0.05, 0) is 72.8 Å². The third-order valence-corrected chi connectivity index (χ3v) is 8.84. The van der Waals surface area contributed by atoms with E-state index in [1.54, 1.807) is 12.4 Å². The number of halogens is 6. The van der Waals surface area contributed by atoms with Crippen molar-refractivity contribution in [3.05, 3.63) is 133 Å². The molecular weight excluding hydrogens is 654 g/mol. The Bertz CT molecular complexity index is 2770. The lowest BCUT2D eigenvalue weighted by molar-refractivity contribution is -0.138. The van der Waals surface area contributed by atoms with Gasteiger partial charge in [-0.2, -0.15) is 26.3 Å². The van der Waals surface area contributed by atoms with Crippen molar-refractivity contribution in [2.24, 2.45) is 0 Å². The number of fused-ring (bicyclic) bond motifs is 14. The molecule has 0 bridgehead atoms. The quantitative estimate of drug-likeness (QED) is 0.119. The smallest absolute Gasteiger partial charge is 0.290 e. The van der Waals surface area contributed by atoms with E-state index in [9.17, 15) is 26.3 Å². The molecule has 6 aromatic heterocycles. The lowest BCUT2D eigenvalue weighted by Crippen LogP contribution is -2.04. The van der Waals surface area contributed by atoms with Crippen LogP contribution in [0.3, 0.4) is 0 Å². The fraction of sp³-hybridized carbons (Fsp3) is 0.0526. The zero-order valence-electron chi connectivity index (χ0n) is 25.5. The van der Waals surface area contributed by atoms with Gasteiger partial charge >= 0.3 is 12.4 Å². The molecule has 0 aliphatic carbocycles. The summed E-state index contributed by atoms with van der Waals surface area (Å²) in [5.74, 6) is 0. The van der Waals surface area contributed by atoms with Crippen LogP contribution in [0.4, 0.5) is 26.3 Å². The summed E-state index contributed by atoms with van der Waals surface area (Å²) in [6.45, 7) is 0.